The second-order valence-electron chi connectivity index (χ2n) is 2.66. The van der Waals surface area contributed by atoms with E-state index in [1.807, 2.05) is 0 Å². The number of rotatable bonds is 1. The highest BCUT2D eigenvalue weighted by atomic mass is 35.5. The average Bonchev–Trinajstić information content (AvgIpc) is 2.62. The summed E-state index contributed by atoms with van der Waals surface area (Å²) in [6.45, 7) is -0.413. The first kappa shape index (κ1) is 10.1. The summed E-state index contributed by atoms with van der Waals surface area (Å²) in [5.74, 6) is -3.77. The van der Waals surface area contributed by atoms with Crippen molar-refractivity contribution in [2.45, 2.75) is 0 Å². The lowest BCUT2D eigenvalue weighted by Crippen LogP contribution is -2.01. The smallest absolute Gasteiger partial charge is 0.336 e. The molecule has 1 heterocycles. The minimum Gasteiger partial charge on any atom is -0.450 e. The maximum Gasteiger partial charge on any atom is 0.336 e. The molecule has 1 aromatic rings. The van der Waals surface area contributed by atoms with Crippen LogP contribution in [0.4, 0.5) is 13.2 Å². The van der Waals surface area contributed by atoms with Gasteiger partial charge in [-0.3, -0.25) is 4.79 Å². The third-order valence-electron chi connectivity index (χ3n) is 1.84. The molecule has 0 saturated heterocycles. The van der Waals surface area contributed by atoms with Gasteiger partial charge in [0.05, 0.1) is 5.02 Å². The summed E-state index contributed by atoms with van der Waals surface area (Å²) in [7, 11) is 0. The standard InChI is InChI=1S/C8H2ClF3O3/c9-3-2(8(12)13)4(10)6-7(5(3)11)15-1-14-6/h1H2. The van der Waals surface area contributed by atoms with E-state index in [-0.39, 0.29) is 0 Å². The Balaban J connectivity index is 2.79. The van der Waals surface area contributed by atoms with Gasteiger partial charge in [-0.1, -0.05) is 11.6 Å². The first-order valence-electron chi connectivity index (χ1n) is 3.70. The number of fused-ring (bicyclic) bond motifs is 1. The fourth-order valence-corrected chi connectivity index (χ4v) is 1.44. The van der Waals surface area contributed by atoms with E-state index in [0.29, 0.717) is 0 Å². The third kappa shape index (κ3) is 1.32. The fraction of sp³-hybridized carbons (Fsp3) is 0.125. The van der Waals surface area contributed by atoms with Crippen LogP contribution in [0.1, 0.15) is 10.4 Å². The van der Waals surface area contributed by atoms with Gasteiger partial charge in [-0.2, -0.15) is 4.39 Å². The van der Waals surface area contributed by atoms with Gasteiger partial charge in [-0.05, 0) is 0 Å². The van der Waals surface area contributed by atoms with Crippen LogP contribution in [0.5, 0.6) is 11.5 Å². The molecule has 0 aromatic heterocycles. The first-order valence-corrected chi connectivity index (χ1v) is 4.07. The highest BCUT2D eigenvalue weighted by molar-refractivity contribution is 6.34. The zero-order chi connectivity index (χ0) is 11.2. The zero-order valence-corrected chi connectivity index (χ0v) is 7.70. The highest BCUT2D eigenvalue weighted by Crippen LogP contribution is 2.43. The Morgan fingerprint density at radius 1 is 1.20 bits per heavy atom. The summed E-state index contributed by atoms with van der Waals surface area (Å²) >= 11 is 5.27. The second kappa shape index (κ2) is 3.30. The third-order valence-corrected chi connectivity index (χ3v) is 2.19. The van der Waals surface area contributed by atoms with Crippen LogP contribution in [0.15, 0.2) is 0 Å². The van der Waals surface area contributed by atoms with Crippen LogP contribution in [-0.2, 0) is 0 Å². The van der Waals surface area contributed by atoms with E-state index in [1.54, 1.807) is 0 Å². The lowest BCUT2D eigenvalue weighted by Gasteiger charge is -2.05. The minimum atomic E-state index is -2.17. The van der Waals surface area contributed by atoms with Crippen molar-refractivity contribution >= 4 is 17.6 Å². The molecule has 0 spiro atoms. The molecule has 0 amide bonds. The summed E-state index contributed by atoms with van der Waals surface area (Å²) in [4.78, 5) is 10.4. The number of carbonyl (C=O) groups excluding carboxylic acids is 1. The van der Waals surface area contributed by atoms with Crippen molar-refractivity contribution in [3.8, 4) is 11.5 Å². The number of hydrogen-bond donors (Lipinski definition) is 0. The van der Waals surface area contributed by atoms with Crippen LogP contribution in [0, 0.1) is 11.6 Å². The maximum absolute atomic E-state index is 13.3. The summed E-state index contributed by atoms with van der Waals surface area (Å²) in [6.07, 6.45) is 0. The van der Waals surface area contributed by atoms with E-state index in [9.17, 15) is 18.0 Å². The molecule has 7 heteroatoms. The van der Waals surface area contributed by atoms with Crippen molar-refractivity contribution < 1.29 is 27.4 Å². The fourth-order valence-electron chi connectivity index (χ4n) is 1.20. The molecule has 0 unspecified atom stereocenters. The lowest BCUT2D eigenvalue weighted by molar-refractivity contribution is 0.0830. The Bertz CT molecular complexity index is 461. The Morgan fingerprint density at radius 3 is 2.27 bits per heavy atom. The Kier molecular flexibility index (Phi) is 2.22. The van der Waals surface area contributed by atoms with Gasteiger partial charge in [0.15, 0.2) is 11.6 Å². The molecule has 1 aliphatic heterocycles. The molecule has 0 radical (unpaired) electrons. The van der Waals surface area contributed by atoms with Gasteiger partial charge in [-0.15, -0.1) is 0 Å². The Morgan fingerprint density at radius 2 is 1.73 bits per heavy atom. The van der Waals surface area contributed by atoms with E-state index in [0.717, 1.165) is 0 Å². The number of hydrogen-bond acceptors (Lipinski definition) is 3. The van der Waals surface area contributed by atoms with Gasteiger partial charge in [0, 0.05) is 0 Å². The predicted molar refractivity (Wildman–Crippen MR) is 42.9 cm³/mol. The van der Waals surface area contributed by atoms with Crippen LogP contribution in [0.3, 0.4) is 0 Å². The monoisotopic (exact) mass is 238 g/mol. The second-order valence-corrected chi connectivity index (χ2v) is 3.03. The van der Waals surface area contributed by atoms with Crippen molar-refractivity contribution in [2.24, 2.45) is 0 Å². The topological polar surface area (TPSA) is 35.5 Å². The van der Waals surface area contributed by atoms with Crippen molar-refractivity contribution in [3.05, 3.63) is 22.2 Å². The SMILES string of the molecule is O=C(F)c1c(F)c2c(c(F)c1Cl)OCO2. The van der Waals surface area contributed by atoms with Crippen LogP contribution in [-0.4, -0.2) is 12.8 Å². The molecular weight excluding hydrogens is 237 g/mol. The number of halogens is 4. The molecule has 1 aliphatic rings. The minimum absolute atomic E-state index is 0.413. The molecule has 0 saturated carbocycles. The Hall–Kier alpha value is -1.43. The Labute approximate surface area is 86.3 Å². The largest absolute Gasteiger partial charge is 0.450 e. The van der Waals surface area contributed by atoms with Gasteiger partial charge in [0.1, 0.15) is 5.56 Å². The molecule has 0 atom stereocenters. The van der Waals surface area contributed by atoms with Crippen LogP contribution in [0.2, 0.25) is 5.02 Å². The van der Waals surface area contributed by atoms with Crippen molar-refractivity contribution in [2.75, 3.05) is 6.79 Å². The van der Waals surface area contributed by atoms with Crippen LogP contribution >= 0.6 is 11.6 Å². The predicted octanol–water partition coefficient (Wildman–Crippen LogP) is 2.46. The molecule has 0 aliphatic carbocycles. The summed E-state index contributed by atoms with van der Waals surface area (Å²) in [5, 5.41) is -0.954. The number of ether oxygens (including phenoxy) is 2. The molecule has 0 fully saturated rings. The lowest BCUT2D eigenvalue weighted by atomic mass is 10.2. The quantitative estimate of drug-likeness (QED) is 0.557. The van der Waals surface area contributed by atoms with E-state index in [1.165, 1.54) is 0 Å². The zero-order valence-electron chi connectivity index (χ0n) is 6.94. The van der Waals surface area contributed by atoms with Crippen molar-refractivity contribution in [3.63, 3.8) is 0 Å². The molecule has 3 nitrogen and oxygen atoms in total. The summed E-state index contributed by atoms with van der Waals surface area (Å²) in [6, 6.07) is -2.17. The van der Waals surface area contributed by atoms with Crippen molar-refractivity contribution in [1.29, 1.82) is 0 Å². The number of carbonyl (C=O) groups is 1. The normalized spacial score (nSPS) is 13.1. The van der Waals surface area contributed by atoms with E-state index in [4.69, 9.17) is 11.6 Å². The van der Waals surface area contributed by atoms with Gasteiger partial charge < -0.3 is 9.47 Å². The average molecular weight is 239 g/mol. The summed E-state index contributed by atoms with van der Waals surface area (Å²) < 4.78 is 48.1. The molecule has 2 rings (SSSR count). The molecular formula is C8H2ClF3O3. The van der Waals surface area contributed by atoms with Gasteiger partial charge in [0.2, 0.25) is 18.3 Å². The first-order chi connectivity index (χ1) is 7.04. The highest BCUT2D eigenvalue weighted by Gasteiger charge is 2.32. The molecule has 80 valence electrons. The molecule has 0 bridgehead atoms. The van der Waals surface area contributed by atoms with E-state index >= 15 is 0 Å². The summed E-state index contributed by atoms with van der Waals surface area (Å²) in [5.41, 5.74) is -1.18. The molecule has 15 heavy (non-hydrogen) atoms. The van der Waals surface area contributed by atoms with Gasteiger partial charge in [-0.25, -0.2) is 8.78 Å². The van der Waals surface area contributed by atoms with Gasteiger partial charge in [0.25, 0.3) is 0 Å². The van der Waals surface area contributed by atoms with Gasteiger partial charge >= 0.3 is 6.04 Å². The molecule has 0 N–H and O–H groups in total. The maximum atomic E-state index is 13.3. The van der Waals surface area contributed by atoms with E-state index < -0.39 is 46.5 Å². The number of benzene rings is 1. The van der Waals surface area contributed by atoms with Crippen LogP contribution < -0.4 is 9.47 Å². The van der Waals surface area contributed by atoms with Crippen molar-refractivity contribution in [1.82, 2.24) is 0 Å². The van der Waals surface area contributed by atoms with E-state index in [2.05, 4.69) is 9.47 Å². The molecule has 1 aromatic carbocycles. The van der Waals surface area contributed by atoms with Crippen LogP contribution in [0.25, 0.3) is 0 Å².